The van der Waals surface area contributed by atoms with Gasteiger partial charge in [0.2, 0.25) is 0 Å². The van der Waals surface area contributed by atoms with E-state index in [1.165, 1.54) is 0 Å². The number of nitrogens with zero attached hydrogens (tertiary/aromatic N) is 3. The zero-order chi connectivity index (χ0) is 19.1. The van der Waals surface area contributed by atoms with Gasteiger partial charge in [0.1, 0.15) is 5.65 Å². The van der Waals surface area contributed by atoms with Crippen LogP contribution in [0.15, 0.2) is 55.0 Å². The molecule has 4 aromatic rings. The Morgan fingerprint density at radius 1 is 1.18 bits per heavy atom. The minimum atomic E-state index is -0.971. The number of carboxylic acid groups (broad SMARTS) is 1. The lowest BCUT2D eigenvalue weighted by atomic mass is 10.0. The lowest BCUT2D eigenvalue weighted by Gasteiger charge is -2.20. The lowest BCUT2D eigenvalue weighted by Crippen LogP contribution is -2.36. The molecule has 1 amide bonds. The number of pyridine rings is 2. The van der Waals surface area contributed by atoms with Crippen LogP contribution in [-0.4, -0.2) is 45.3 Å². The van der Waals surface area contributed by atoms with Gasteiger partial charge in [0.25, 0.3) is 0 Å². The summed E-state index contributed by atoms with van der Waals surface area (Å²) in [6.07, 6.45) is 5.40. The van der Waals surface area contributed by atoms with Crippen LogP contribution in [0.25, 0.3) is 33.1 Å². The molecule has 1 fully saturated rings. The molecule has 1 atom stereocenters. The lowest BCUT2D eigenvalue weighted by molar-refractivity contribution is 0.191. The molecule has 3 aromatic heterocycles. The van der Waals surface area contributed by atoms with Gasteiger partial charge >= 0.3 is 6.09 Å². The first-order chi connectivity index (χ1) is 13.7. The molecule has 0 spiro atoms. The number of fused-ring (bicyclic) bond motifs is 2. The first-order valence-corrected chi connectivity index (χ1v) is 9.25. The van der Waals surface area contributed by atoms with Gasteiger partial charge in [-0.05, 0) is 42.3 Å². The topological polar surface area (TPSA) is 94.1 Å². The van der Waals surface area contributed by atoms with Crippen LogP contribution in [0.2, 0.25) is 0 Å². The molecule has 0 saturated carbocycles. The largest absolute Gasteiger partial charge is 0.465 e. The molecule has 1 saturated heterocycles. The van der Waals surface area contributed by atoms with Gasteiger partial charge in [0.05, 0.1) is 11.6 Å². The third-order valence-corrected chi connectivity index (χ3v) is 5.34. The van der Waals surface area contributed by atoms with Crippen molar-refractivity contribution < 1.29 is 9.90 Å². The molecule has 0 bridgehead atoms. The second kappa shape index (κ2) is 6.53. The molecule has 0 aliphatic carbocycles. The Bertz CT molecular complexity index is 1190. The number of rotatable bonds is 3. The fraction of sp³-hybridized carbons (Fsp3) is 0.190. The van der Waals surface area contributed by atoms with Gasteiger partial charge in [-0.2, -0.15) is 0 Å². The number of benzene rings is 1. The Morgan fingerprint density at radius 2 is 2.11 bits per heavy atom. The molecule has 1 aliphatic heterocycles. The van der Waals surface area contributed by atoms with Crippen LogP contribution in [0.5, 0.6) is 0 Å². The van der Waals surface area contributed by atoms with Gasteiger partial charge in [0, 0.05) is 53.7 Å². The summed E-state index contributed by atoms with van der Waals surface area (Å²) < 4.78 is 0. The molecule has 1 aromatic carbocycles. The smallest absolute Gasteiger partial charge is 0.404 e. The molecular formula is C21H19N5O2. The molecule has 3 N–H and O–H groups in total. The summed E-state index contributed by atoms with van der Waals surface area (Å²) in [6.45, 7) is 1.47. The summed E-state index contributed by atoms with van der Waals surface area (Å²) in [5.41, 5.74) is 5.08. The predicted molar refractivity (Wildman–Crippen MR) is 109 cm³/mol. The number of H-pyrrole nitrogens is 1. The fourth-order valence-electron chi connectivity index (χ4n) is 4.04. The van der Waals surface area contributed by atoms with Crippen LogP contribution in [0.3, 0.4) is 0 Å². The van der Waals surface area contributed by atoms with Gasteiger partial charge in [-0.25, -0.2) is 9.78 Å². The van der Waals surface area contributed by atoms with Crippen molar-refractivity contribution >= 4 is 33.7 Å². The highest BCUT2D eigenvalue weighted by molar-refractivity contribution is 5.99. The maximum atomic E-state index is 10.9. The van der Waals surface area contributed by atoms with Crippen LogP contribution >= 0.6 is 0 Å². The van der Waals surface area contributed by atoms with E-state index >= 15 is 0 Å². The fourth-order valence-corrected chi connectivity index (χ4v) is 4.04. The van der Waals surface area contributed by atoms with Crippen LogP contribution in [0.1, 0.15) is 6.42 Å². The van der Waals surface area contributed by atoms with Crippen LogP contribution < -0.4 is 10.2 Å². The summed E-state index contributed by atoms with van der Waals surface area (Å²) in [4.78, 5) is 25.3. The first kappa shape index (κ1) is 16.6. The Hall–Kier alpha value is -3.61. The first-order valence-electron chi connectivity index (χ1n) is 9.25. The second-order valence-corrected chi connectivity index (χ2v) is 7.05. The van der Waals surface area contributed by atoms with E-state index < -0.39 is 6.09 Å². The van der Waals surface area contributed by atoms with E-state index in [9.17, 15) is 4.79 Å². The normalized spacial score (nSPS) is 16.7. The summed E-state index contributed by atoms with van der Waals surface area (Å²) in [7, 11) is 0. The van der Waals surface area contributed by atoms with E-state index in [0.29, 0.717) is 6.54 Å². The van der Waals surface area contributed by atoms with Gasteiger partial charge < -0.3 is 20.3 Å². The summed E-state index contributed by atoms with van der Waals surface area (Å²) in [6, 6.07) is 12.2. The molecular weight excluding hydrogens is 354 g/mol. The monoisotopic (exact) mass is 373 g/mol. The van der Waals surface area contributed by atoms with Crippen molar-refractivity contribution in [1.82, 2.24) is 20.3 Å². The van der Waals surface area contributed by atoms with E-state index in [1.807, 2.05) is 30.6 Å². The highest BCUT2D eigenvalue weighted by Gasteiger charge is 2.25. The average molecular weight is 373 g/mol. The zero-order valence-corrected chi connectivity index (χ0v) is 15.1. The van der Waals surface area contributed by atoms with E-state index in [1.54, 1.807) is 6.20 Å². The van der Waals surface area contributed by atoms with Crippen LogP contribution in [0, 0.1) is 0 Å². The Morgan fingerprint density at radius 3 is 3.00 bits per heavy atom. The Kier molecular flexibility index (Phi) is 3.86. The Balaban J connectivity index is 1.56. The molecule has 0 unspecified atom stereocenters. The molecule has 28 heavy (non-hydrogen) atoms. The predicted octanol–water partition coefficient (Wildman–Crippen LogP) is 3.62. The van der Waals surface area contributed by atoms with Gasteiger partial charge in [-0.15, -0.1) is 0 Å². The molecule has 0 radical (unpaired) electrons. The number of carbonyl (C=O) groups is 1. The maximum Gasteiger partial charge on any atom is 0.404 e. The number of hydrogen-bond donors (Lipinski definition) is 3. The van der Waals surface area contributed by atoms with Crippen molar-refractivity contribution in [2.24, 2.45) is 0 Å². The number of anilines is 1. The molecule has 7 heteroatoms. The van der Waals surface area contributed by atoms with E-state index in [4.69, 9.17) is 5.11 Å². The minimum absolute atomic E-state index is 0.0522. The number of hydrogen-bond acceptors (Lipinski definition) is 4. The second-order valence-electron chi connectivity index (χ2n) is 7.05. The molecule has 7 nitrogen and oxygen atoms in total. The number of aromatic amines is 1. The quantitative estimate of drug-likeness (QED) is 0.510. The minimum Gasteiger partial charge on any atom is -0.465 e. The summed E-state index contributed by atoms with van der Waals surface area (Å²) >= 11 is 0. The van der Waals surface area contributed by atoms with Crippen LogP contribution in [0.4, 0.5) is 10.5 Å². The summed E-state index contributed by atoms with van der Waals surface area (Å²) in [5.74, 6) is 0. The summed E-state index contributed by atoms with van der Waals surface area (Å²) in [5, 5.41) is 13.7. The number of aromatic nitrogens is 3. The molecule has 4 heterocycles. The zero-order valence-electron chi connectivity index (χ0n) is 15.1. The standard InChI is InChI=1S/C21H19N5O2/c27-21(28)25-14-6-9-26(12-14)19-5-8-22-18-4-3-13(10-16(18)19)17-11-24-20-15(17)2-1-7-23-20/h1-5,7-8,10-11,14,25H,6,9,12H2,(H,23,24)(H,27,28)/t14-/m0/s1. The SMILES string of the molecule is O=C(O)N[C@H]1CCN(c2ccnc3ccc(-c4c[nH]c5ncccc45)cc23)C1. The van der Waals surface area contributed by atoms with Crippen LogP contribution in [-0.2, 0) is 0 Å². The van der Waals surface area contributed by atoms with E-state index in [-0.39, 0.29) is 6.04 Å². The Labute approximate surface area is 161 Å². The van der Waals surface area contributed by atoms with Crippen molar-refractivity contribution in [3.8, 4) is 11.1 Å². The van der Waals surface area contributed by atoms with E-state index in [0.717, 1.165) is 51.7 Å². The molecule has 5 rings (SSSR count). The average Bonchev–Trinajstić information content (AvgIpc) is 3.33. The van der Waals surface area contributed by atoms with Gasteiger partial charge in [0.15, 0.2) is 0 Å². The van der Waals surface area contributed by atoms with Gasteiger partial charge in [-0.1, -0.05) is 6.07 Å². The van der Waals surface area contributed by atoms with E-state index in [2.05, 4.69) is 43.4 Å². The molecule has 1 aliphatic rings. The maximum absolute atomic E-state index is 10.9. The van der Waals surface area contributed by atoms with Gasteiger partial charge in [-0.3, -0.25) is 4.98 Å². The third kappa shape index (κ3) is 2.81. The third-order valence-electron chi connectivity index (χ3n) is 5.34. The molecule has 140 valence electrons. The van der Waals surface area contributed by atoms with Crippen molar-refractivity contribution in [1.29, 1.82) is 0 Å². The van der Waals surface area contributed by atoms with Crippen molar-refractivity contribution in [3.63, 3.8) is 0 Å². The van der Waals surface area contributed by atoms with Crippen molar-refractivity contribution in [2.45, 2.75) is 12.5 Å². The highest BCUT2D eigenvalue weighted by atomic mass is 16.4. The number of amides is 1. The van der Waals surface area contributed by atoms with Crippen molar-refractivity contribution in [2.75, 3.05) is 18.0 Å². The number of nitrogens with one attached hydrogen (secondary N) is 2. The highest BCUT2D eigenvalue weighted by Crippen LogP contribution is 2.34. The van der Waals surface area contributed by atoms with Crippen molar-refractivity contribution in [3.05, 3.63) is 55.0 Å².